The minimum absolute atomic E-state index is 0.285. The molecule has 1 atom stereocenters. The maximum absolute atomic E-state index is 5.92. The second-order valence-electron chi connectivity index (χ2n) is 6.60. The van der Waals surface area contributed by atoms with Gasteiger partial charge in [-0.2, -0.15) is 0 Å². The summed E-state index contributed by atoms with van der Waals surface area (Å²) in [5.74, 6) is 6.67. The molecule has 2 rings (SSSR count). The second-order valence-corrected chi connectivity index (χ2v) is 6.60. The van der Waals surface area contributed by atoms with Gasteiger partial charge >= 0.3 is 0 Å². The van der Waals surface area contributed by atoms with Gasteiger partial charge in [0.25, 0.3) is 0 Å². The summed E-state index contributed by atoms with van der Waals surface area (Å²) in [5.41, 5.74) is 3.44. The van der Waals surface area contributed by atoms with Crippen molar-refractivity contribution in [3.63, 3.8) is 0 Å². The maximum Gasteiger partial charge on any atom is 0.0594 e. The highest BCUT2D eigenvalue weighted by Crippen LogP contribution is 2.40. The summed E-state index contributed by atoms with van der Waals surface area (Å²) in [7, 11) is 0. The number of rotatable bonds is 6. The smallest absolute Gasteiger partial charge is 0.0594 e. The molecule has 1 unspecified atom stereocenters. The van der Waals surface area contributed by atoms with Crippen molar-refractivity contribution >= 4 is 0 Å². The Bertz CT molecular complexity index is 258. The number of morpholine rings is 1. The first-order valence-electron chi connectivity index (χ1n) is 7.98. The Hall–Kier alpha value is -0.160. The molecule has 4 heteroatoms. The number of hydrogen-bond donors (Lipinski definition) is 2. The third kappa shape index (κ3) is 3.48. The van der Waals surface area contributed by atoms with E-state index in [0.717, 1.165) is 32.2 Å². The fourth-order valence-corrected chi connectivity index (χ4v) is 3.89. The first-order chi connectivity index (χ1) is 9.19. The maximum atomic E-state index is 5.92. The van der Waals surface area contributed by atoms with Crippen LogP contribution in [-0.4, -0.2) is 42.8 Å². The van der Waals surface area contributed by atoms with Gasteiger partial charge in [0.2, 0.25) is 0 Å². The van der Waals surface area contributed by atoms with Gasteiger partial charge in [-0.25, -0.2) is 0 Å². The molecule has 0 aromatic heterocycles. The molecule has 0 amide bonds. The monoisotopic (exact) mass is 269 g/mol. The molecule has 1 aliphatic heterocycles. The highest BCUT2D eigenvalue weighted by molar-refractivity contribution is 5.03. The number of hydrogen-bond acceptors (Lipinski definition) is 4. The zero-order valence-electron chi connectivity index (χ0n) is 12.7. The van der Waals surface area contributed by atoms with Gasteiger partial charge in [0.15, 0.2) is 0 Å². The van der Waals surface area contributed by atoms with Gasteiger partial charge in [0, 0.05) is 24.7 Å². The first kappa shape index (κ1) is 15.2. The Morgan fingerprint density at radius 1 is 1.16 bits per heavy atom. The van der Waals surface area contributed by atoms with Crippen molar-refractivity contribution in [1.82, 2.24) is 10.3 Å². The second kappa shape index (κ2) is 7.02. The summed E-state index contributed by atoms with van der Waals surface area (Å²) in [6, 6.07) is 0.426. The van der Waals surface area contributed by atoms with Crippen molar-refractivity contribution in [2.24, 2.45) is 11.8 Å². The fraction of sp³-hybridized carbons (Fsp3) is 1.00. The summed E-state index contributed by atoms with van der Waals surface area (Å²) in [5, 5.41) is 0. The number of hydrazine groups is 1. The largest absolute Gasteiger partial charge is 0.379 e. The Labute approximate surface area is 118 Å². The SMILES string of the molecule is CC(C)CCC(NN)C1(N2CCOCC2)CCCC1. The van der Waals surface area contributed by atoms with Gasteiger partial charge in [-0.3, -0.25) is 16.2 Å². The Kier molecular flexibility index (Phi) is 5.63. The van der Waals surface area contributed by atoms with E-state index in [1.807, 2.05) is 0 Å². The average Bonchev–Trinajstić information content (AvgIpc) is 2.91. The van der Waals surface area contributed by atoms with Crippen molar-refractivity contribution < 1.29 is 4.74 Å². The van der Waals surface area contributed by atoms with E-state index >= 15 is 0 Å². The topological polar surface area (TPSA) is 50.5 Å². The molecule has 112 valence electrons. The molecule has 3 N–H and O–H groups in total. The first-order valence-corrected chi connectivity index (χ1v) is 7.98. The molecule has 1 saturated carbocycles. The number of ether oxygens (including phenoxy) is 1. The van der Waals surface area contributed by atoms with Crippen LogP contribution in [0, 0.1) is 5.92 Å². The molecule has 2 aliphatic rings. The Morgan fingerprint density at radius 3 is 2.32 bits per heavy atom. The normalized spacial score (nSPS) is 25.9. The lowest BCUT2D eigenvalue weighted by Gasteiger charge is -2.48. The van der Waals surface area contributed by atoms with Crippen LogP contribution in [0.15, 0.2) is 0 Å². The van der Waals surface area contributed by atoms with E-state index in [-0.39, 0.29) is 5.54 Å². The predicted molar refractivity (Wildman–Crippen MR) is 78.8 cm³/mol. The molecule has 0 aromatic carbocycles. The molecular weight excluding hydrogens is 238 g/mol. The summed E-state index contributed by atoms with van der Waals surface area (Å²) in [6.45, 7) is 8.49. The van der Waals surface area contributed by atoms with E-state index in [0.29, 0.717) is 6.04 Å². The summed E-state index contributed by atoms with van der Waals surface area (Å²) in [4.78, 5) is 2.66. The minimum Gasteiger partial charge on any atom is -0.379 e. The molecule has 4 nitrogen and oxygen atoms in total. The van der Waals surface area contributed by atoms with E-state index in [4.69, 9.17) is 10.6 Å². The summed E-state index contributed by atoms with van der Waals surface area (Å²) < 4.78 is 5.52. The van der Waals surface area contributed by atoms with Crippen LogP contribution in [0.25, 0.3) is 0 Å². The number of nitrogens with one attached hydrogen (secondary N) is 1. The van der Waals surface area contributed by atoms with Gasteiger partial charge in [-0.15, -0.1) is 0 Å². The van der Waals surface area contributed by atoms with Gasteiger partial charge in [0.05, 0.1) is 13.2 Å². The highest BCUT2D eigenvalue weighted by atomic mass is 16.5. The van der Waals surface area contributed by atoms with Crippen molar-refractivity contribution in [2.75, 3.05) is 26.3 Å². The standard InChI is InChI=1S/C15H31N3O/c1-13(2)5-6-14(17-16)15(7-3-4-8-15)18-9-11-19-12-10-18/h13-14,17H,3-12,16H2,1-2H3. The van der Waals surface area contributed by atoms with Crippen LogP contribution in [0.3, 0.4) is 0 Å². The van der Waals surface area contributed by atoms with E-state index < -0.39 is 0 Å². The van der Waals surface area contributed by atoms with E-state index in [9.17, 15) is 0 Å². The summed E-state index contributed by atoms with van der Waals surface area (Å²) in [6.07, 6.45) is 7.71. The molecule has 1 saturated heterocycles. The number of nitrogens with two attached hydrogens (primary N) is 1. The molecule has 2 fully saturated rings. The van der Waals surface area contributed by atoms with Gasteiger partial charge in [-0.1, -0.05) is 26.7 Å². The van der Waals surface area contributed by atoms with E-state index in [1.165, 1.54) is 38.5 Å². The fourth-order valence-electron chi connectivity index (χ4n) is 3.89. The third-order valence-electron chi connectivity index (χ3n) is 4.99. The summed E-state index contributed by atoms with van der Waals surface area (Å²) >= 11 is 0. The van der Waals surface area contributed by atoms with Gasteiger partial charge < -0.3 is 4.74 Å². The quantitative estimate of drug-likeness (QED) is 0.571. The zero-order chi connectivity index (χ0) is 13.7. The van der Waals surface area contributed by atoms with Gasteiger partial charge in [-0.05, 0) is 31.6 Å². The van der Waals surface area contributed by atoms with Crippen LogP contribution in [0.5, 0.6) is 0 Å². The molecule has 1 heterocycles. The van der Waals surface area contributed by atoms with Crippen LogP contribution >= 0.6 is 0 Å². The third-order valence-corrected chi connectivity index (χ3v) is 4.99. The lowest BCUT2D eigenvalue weighted by Crippen LogP contribution is -2.63. The van der Waals surface area contributed by atoms with Gasteiger partial charge in [0.1, 0.15) is 0 Å². The molecule has 0 aromatic rings. The molecule has 0 radical (unpaired) electrons. The van der Waals surface area contributed by atoms with Crippen LogP contribution in [-0.2, 0) is 4.74 Å². The number of nitrogens with zero attached hydrogens (tertiary/aromatic N) is 1. The predicted octanol–water partition coefficient (Wildman–Crippen LogP) is 1.90. The molecule has 19 heavy (non-hydrogen) atoms. The molecule has 0 bridgehead atoms. The van der Waals surface area contributed by atoms with Crippen LogP contribution in [0.2, 0.25) is 0 Å². The minimum atomic E-state index is 0.285. The van der Waals surface area contributed by atoms with Crippen molar-refractivity contribution in [1.29, 1.82) is 0 Å². The van der Waals surface area contributed by atoms with Crippen molar-refractivity contribution in [3.8, 4) is 0 Å². The molecule has 1 aliphatic carbocycles. The molecule has 0 spiro atoms. The van der Waals surface area contributed by atoms with Crippen LogP contribution < -0.4 is 11.3 Å². The Balaban J connectivity index is 2.06. The average molecular weight is 269 g/mol. The molecular formula is C15H31N3O. The van der Waals surface area contributed by atoms with Crippen molar-refractivity contribution in [2.45, 2.75) is 64.0 Å². The lowest BCUT2D eigenvalue weighted by molar-refractivity contribution is -0.0375. The highest BCUT2D eigenvalue weighted by Gasteiger charge is 2.45. The van der Waals surface area contributed by atoms with Crippen LogP contribution in [0.1, 0.15) is 52.4 Å². The van der Waals surface area contributed by atoms with E-state index in [2.05, 4.69) is 24.2 Å². The Morgan fingerprint density at radius 2 is 1.79 bits per heavy atom. The van der Waals surface area contributed by atoms with Crippen molar-refractivity contribution in [3.05, 3.63) is 0 Å². The van der Waals surface area contributed by atoms with E-state index in [1.54, 1.807) is 0 Å². The van der Waals surface area contributed by atoms with Crippen LogP contribution in [0.4, 0.5) is 0 Å². The zero-order valence-corrected chi connectivity index (χ0v) is 12.7. The lowest BCUT2D eigenvalue weighted by atomic mass is 9.82.